The molecule has 2 N–H and O–H groups in total. The van der Waals surface area contributed by atoms with Crippen molar-refractivity contribution in [2.45, 2.75) is 51.1 Å². The third kappa shape index (κ3) is 4.07. The topological polar surface area (TPSA) is 71.3 Å². The van der Waals surface area contributed by atoms with Crippen LogP contribution in [0.3, 0.4) is 0 Å². The number of nitrogens with one attached hydrogen (secondary N) is 1. The normalized spacial score (nSPS) is 18.0. The molecular formula is C26H27FN2O3. The van der Waals surface area contributed by atoms with E-state index in [0.29, 0.717) is 31.7 Å². The van der Waals surface area contributed by atoms with Crippen molar-refractivity contribution >= 4 is 22.7 Å². The Balaban J connectivity index is 1.24. The Kier molecular flexibility index (Phi) is 5.55. The summed E-state index contributed by atoms with van der Waals surface area (Å²) in [5.74, 6) is -0.617. The lowest BCUT2D eigenvalue weighted by Gasteiger charge is -2.25. The van der Waals surface area contributed by atoms with Gasteiger partial charge in [-0.2, -0.15) is 0 Å². The van der Waals surface area contributed by atoms with Crippen LogP contribution in [0.1, 0.15) is 35.2 Å². The number of carbonyl (C=O) groups is 2. The largest absolute Gasteiger partial charge is 0.480 e. The van der Waals surface area contributed by atoms with Crippen molar-refractivity contribution in [2.75, 3.05) is 6.54 Å². The van der Waals surface area contributed by atoms with E-state index >= 15 is 0 Å². The van der Waals surface area contributed by atoms with Gasteiger partial charge >= 0.3 is 5.97 Å². The summed E-state index contributed by atoms with van der Waals surface area (Å²) < 4.78 is 15.7. The van der Waals surface area contributed by atoms with Crippen molar-refractivity contribution < 1.29 is 19.1 Å². The number of nitrogens with zero attached hydrogens (tertiary/aromatic N) is 1. The number of rotatable bonds is 7. The molecule has 0 fully saturated rings. The van der Waals surface area contributed by atoms with Gasteiger partial charge in [0.2, 0.25) is 0 Å². The number of ketones is 1. The summed E-state index contributed by atoms with van der Waals surface area (Å²) in [6.45, 7) is 0.215. The molecule has 3 aromatic rings. The molecule has 1 aromatic heterocycles. The second-order valence-corrected chi connectivity index (χ2v) is 9.17. The molecule has 0 unspecified atom stereocenters. The highest BCUT2D eigenvalue weighted by Gasteiger charge is 2.27. The summed E-state index contributed by atoms with van der Waals surface area (Å²) in [7, 11) is 0. The molecule has 0 saturated heterocycles. The van der Waals surface area contributed by atoms with E-state index in [-0.39, 0.29) is 24.2 Å². The summed E-state index contributed by atoms with van der Waals surface area (Å²) in [6, 6.07) is 13.1. The molecule has 1 atom stereocenters. The average Bonchev–Trinajstić information content (AvgIpc) is 3.30. The first-order valence-electron chi connectivity index (χ1n) is 11.3. The minimum Gasteiger partial charge on any atom is -0.480 e. The van der Waals surface area contributed by atoms with Gasteiger partial charge in [-0.1, -0.05) is 24.3 Å². The maximum atomic E-state index is 13.9. The fourth-order valence-electron chi connectivity index (χ4n) is 5.56. The van der Waals surface area contributed by atoms with Crippen molar-refractivity contribution in [3.8, 4) is 0 Å². The molecule has 0 amide bonds. The van der Waals surface area contributed by atoms with Gasteiger partial charge in [0, 0.05) is 29.1 Å². The van der Waals surface area contributed by atoms with E-state index in [1.54, 1.807) is 10.6 Å². The zero-order valence-corrected chi connectivity index (χ0v) is 17.9. The molecule has 0 aliphatic heterocycles. The third-order valence-corrected chi connectivity index (χ3v) is 6.96. The Morgan fingerprint density at radius 3 is 2.56 bits per heavy atom. The van der Waals surface area contributed by atoms with E-state index < -0.39 is 5.97 Å². The van der Waals surface area contributed by atoms with Crippen molar-refractivity contribution in [2.24, 2.45) is 5.92 Å². The fourth-order valence-corrected chi connectivity index (χ4v) is 5.56. The van der Waals surface area contributed by atoms with Gasteiger partial charge in [0.1, 0.15) is 18.1 Å². The lowest BCUT2D eigenvalue weighted by atomic mass is 9.91. The molecule has 0 bridgehead atoms. The van der Waals surface area contributed by atoms with Gasteiger partial charge in [-0.25, -0.2) is 4.39 Å². The number of aromatic nitrogens is 1. The molecule has 6 heteroatoms. The molecule has 166 valence electrons. The maximum Gasteiger partial charge on any atom is 0.323 e. The van der Waals surface area contributed by atoms with E-state index in [2.05, 4.69) is 29.6 Å². The molecule has 2 aliphatic carbocycles. The number of aliphatic carboxylic acids is 1. The number of carbonyl (C=O) groups excluding carboxylic acids is 1. The first-order valence-corrected chi connectivity index (χ1v) is 11.3. The Morgan fingerprint density at radius 1 is 1.09 bits per heavy atom. The second kappa shape index (κ2) is 8.51. The van der Waals surface area contributed by atoms with Gasteiger partial charge in [0.25, 0.3) is 0 Å². The third-order valence-electron chi connectivity index (χ3n) is 6.96. The van der Waals surface area contributed by atoms with Crippen LogP contribution in [-0.4, -0.2) is 34.0 Å². The molecule has 2 aromatic carbocycles. The number of hydrogen-bond acceptors (Lipinski definition) is 3. The summed E-state index contributed by atoms with van der Waals surface area (Å²) in [5, 5.41) is 13.5. The Hall–Kier alpha value is -2.99. The molecule has 1 heterocycles. The van der Waals surface area contributed by atoms with Crippen molar-refractivity contribution in [1.29, 1.82) is 0 Å². The summed E-state index contributed by atoms with van der Waals surface area (Å²) in [4.78, 5) is 24.0. The summed E-state index contributed by atoms with van der Waals surface area (Å²) in [5.41, 5.74) is 5.46. The Labute approximate surface area is 186 Å². The zero-order valence-electron chi connectivity index (χ0n) is 17.9. The van der Waals surface area contributed by atoms with E-state index in [1.807, 2.05) is 0 Å². The van der Waals surface area contributed by atoms with Gasteiger partial charge in [-0.15, -0.1) is 0 Å². The van der Waals surface area contributed by atoms with Crippen LogP contribution in [0.5, 0.6) is 0 Å². The predicted octanol–water partition coefficient (Wildman–Crippen LogP) is 3.69. The van der Waals surface area contributed by atoms with Gasteiger partial charge in [0.15, 0.2) is 0 Å². The van der Waals surface area contributed by atoms with Crippen molar-refractivity contribution in [1.82, 2.24) is 9.88 Å². The van der Waals surface area contributed by atoms with E-state index in [4.69, 9.17) is 0 Å². The van der Waals surface area contributed by atoms with Crippen LogP contribution in [0.25, 0.3) is 10.9 Å². The lowest BCUT2D eigenvalue weighted by molar-refractivity contribution is -0.137. The molecule has 0 saturated carbocycles. The number of benzene rings is 2. The molecule has 0 spiro atoms. The van der Waals surface area contributed by atoms with Gasteiger partial charge < -0.3 is 15.0 Å². The van der Waals surface area contributed by atoms with Crippen LogP contribution in [0, 0.1) is 11.7 Å². The average molecular weight is 435 g/mol. The minimum atomic E-state index is -0.908. The SMILES string of the molecule is O=C(O)Cn1c2c(c3cc(F)ccc31)C[C@@H](NCC(=O)CC1Cc3ccccc3C1)CC2. The first-order chi connectivity index (χ1) is 15.5. The molecule has 5 rings (SSSR count). The number of carboxylic acid groups (broad SMARTS) is 1. The van der Waals surface area contributed by atoms with Crippen LogP contribution < -0.4 is 5.32 Å². The number of halogens is 1. The highest BCUT2D eigenvalue weighted by Crippen LogP contribution is 2.33. The quantitative estimate of drug-likeness (QED) is 0.595. The van der Waals surface area contributed by atoms with Crippen LogP contribution >= 0.6 is 0 Å². The predicted molar refractivity (Wildman–Crippen MR) is 120 cm³/mol. The van der Waals surface area contributed by atoms with E-state index in [1.165, 1.54) is 23.3 Å². The second-order valence-electron chi connectivity index (χ2n) is 9.17. The molecule has 32 heavy (non-hydrogen) atoms. The highest BCUT2D eigenvalue weighted by atomic mass is 19.1. The summed E-state index contributed by atoms with van der Waals surface area (Å²) in [6.07, 6.45) is 4.75. The standard InChI is InChI=1S/C26H27FN2O3/c27-19-5-7-24-22(12-19)23-13-20(6-8-25(23)29(24)15-26(31)32)28-14-21(30)11-16-9-17-3-1-2-4-18(17)10-16/h1-5,7,12,16,20,28H,6,8-11,13-15H2,(H,31,32)/t20-/m0/s1. The fraction of sp³-hybridized carbons (Fsp3) is 0.385. The summed E-state index contributed by atoms with van der Waals surface area (Å²) >= 11 is 0. The molecule has 5 nitrogen and oxygen atoms in total. The van der Waals surface area contributed by atoms with E-state index in [9.17, 15) is 19.1 Å². The van der Waals surface area contributed by atoms with Crippen LogP contribution in [-0.2, 0) is 41.8 Å². The van der Waals surface area contributed by atoms with Gasteiger partial charge in [-0.05, 0) is 72.9 Å². The van der Waals surface area contributed by atoms with Gasteiger partial charge in [0.05, 0.1) is 6.54 Å². The van der Waals surface area contributed by atoms with Crippen LogP contribution in [0.2, 0.25) is 0 Å². The Morgan fingerprint density at radius 2 is 1.84 bits per heavy atom. The molecular weight excluding hydrogens is 407 g/mol. The number of Topliss-reactive ketones (excluding diaryl/α,β-unsaturated/α-hetero) is 1. The zero-order chi connectivity index (χ0) is 22.2. The molecule has 2 aliphatic rings. The number of fused-ring (bicyclic) bond motifs is 4. The first kappa shape index (κ1) is 20.9. The van der Waals surface area contributed by atoms with Gasteiger partial charge in [-0.3, -0.25) is 9.59 Å². The highest BCUT2D eigenvalue weighted by molar-refractivity contribution is 5.87. The van der Waals surface area contributed by atoms with Crippen LogP contribution in [0.4, 0.5) is 4.39 Å². The minimum absolute atomic E-state index is 0.124. The van der Waals surface area contributed by atoms with E-state index in [0.717, 1.165) is 41.4 Å². The van der Waals surface area contributed by atoms with Crippen molar-refractivity contribution in [3.63, 3.8) is 0 Å². The lowest BCUT2D eigenvalue weighted by Crippen LogP contribution is -2.38. The maximum absolute atomic E-state index is 13.9. The smallest absolute Gasteiger partial charge is 0.323 e. The molecule has 0 radical (unpaired) electrons. The monoisotopic (exact) mass is 434 g/mol. The van der Waals surface area contributed by atoms with Crippen molar-refractivity contribution in [3.05, 3.63) is 70.7 Å². The van der Waals surface area contributed by atoms with Crippen LogP contribution in [0.15, 0.2) is 42.5 Å². The Bertz CT molecular complexity index is 1170. The number of hydrogen-bond donors (Lipinski definition) is 2. The number of carboxylic acids is 1.